The molecule has 2 heterocycles. The van der Waals surface area contributed by atoms with Crippen molar-refractivity contribution in [2.24, 2.45) is 5.73 Å². The zero-order valence-corrected chi connectivity index (χ0v) is 18.2. The van der Waals surface area contributed by atoms with Gasteiger partial charge in [-0.05, 0) is 37.4 Å². The minimum Gasteiger partial charge on any atom is -0.378 e. The van der Waals surface area contributed by atoms with Gasteiger partial charge >= 0.3 is 0 Å². The van der Waals surface area contributed by atoms with Crippen LogP contribution in [0.25, 0.3) is 11.3 Å². The van der Waals surface area contributed by atoms with Crippen LogP contribution in [0.5, 0.6) is 5.75 Å². The SMILES string of the molecule is CC(=O)NOc1c(-c2csc(N3CCOCC3)n2)cc(CCCCN)c(F)c1F.Cl. The summed E-state index contributed by atoms with van der Waals surface area (Å²) in [6.07, 6.45) is 1.68. The van der Waals surface area contributed by atoms with E-state index in [0.717, 1.165) is 5.13 Å². The van der Waals surface area contributed by atoms with Gasteiger partial charge in [-0.3, -0.25) is 4.79 Å². The molecular formula is C19H25ClF2N4O3S. The van der Waals surface area contributed by atoms with E-state index in [4.69, 9.17) is 15.3 Å². The second-order valence-corrected chi connectivity index (χ2v) is 7.50. The standard InChI is InChI=1S/C19H24F2N4O3S.ClH/c1-12(26)24-28-18-14(10-13(4-2-3-5-22)16(20)17(18)21)15-11-29-19(23-15)25-6-8-27-9-7-25;/h10-11H,2-9,22H2,1H3,(H,24,26);1H. The second kappa shape index (κ2) is 11.4. The number of nitrogens with one attached hydrogen (secondary N) is 1. The molecule has 7 nitrogen and oxygen atoms in total. The number of hydroxylamine groups is 1. The summed E-state index contributed by atoms with van der Waals surface area (Å²) in [5.74, 6) is -3.07. The van der Waals surface area contributed by atoms with Gasteiger partial charge in [0.05, 0.1) is 24.5 Å². The van der Waals surface area contributed by atoms with Crippen LogP contribution in [-0.2, 0) is 16.0 Å². The fourth-order valence-corrected chi connectivity index (χ4v) is 3.88. The number of amides is 1. The van der Waals surface area contributed by atoms with E-state index in [9.17, 15) is 13.6 Å². The van der Waals surface area contributed by atoms with Crippen molar-refractivity contribution in [2.75, 3.05) is 37.7 Å². The number of nitrogens with zero attached hydrogens (tertiary/aromatic N) is 2. The number of hydrogen-bond donors (Lipinski definition) is 2. The Balaban J connectivity index is 0.00000320. The van der Waals surface area contributed by atoms with Crippen LogP contribution in [0.3, 0.4) is 0 Å². The fraction of sp³-hybridized carbons (Fsp3) is 0.474. The highest BCUT2D eigenvalue weighted by molar-refractivity contribution is 7.14. The Morgan fingerprint density at radius 1 is 1.33 bits per heavy atom. The highest BCUT2D eigenvalue weighted by atomic mass is 35.5. The number of morpholine rings is 1. The number of thiazole rings is 1. The molecule has 0 aliphatic carbocycles. The minimum atomic E-state index is -1.15. The van der Waals surface area contributed by atoms with Crippen LogP contribution in [0.1, 0.15) is 25.3 Å². The van der Waals surface area contributed by atoms with Crippen LogP contribution >= 0.6 is 23.7 Å². The number of halogens is 3. The molecular weight excluding hydrogens is 438 g/mol. The molecule has 0 spiro atoms. The molecule has 3 N–H and O–H groups in total. The molecule has 0 bridgehead atoms. The fourth-order valence-electron chi connectivity index (χ4n) is 3.00. The summed E-state index contributed by atoms with van der Waals surface area (Å²) in [6.45, 7) is 4.35. The maximum absolute atomic E-state index is 14.8. The van der Waals surface area contributed by atoms with Crippen LogP contribution in [0.2, 0.25) is 0 Å². The van der Waals surface area contributed by atoms with Gasteiger partial charge in [0.2, 0.25) is 17.5 Å². The van der Waals surface area contributed by atoms with Crippen molar-refractivity contribution in [1.29, 1.82) is 0 Å². The van der Waals surface area contributed by atoms with Gasteiger partial charge in [-0.2, -0.15) is 9.87 Å². The number of benzene rings is 1. The molecule has 1 amide bonds. The molecule has 3 rings (SSSR count). The van der Waals surface area contributed by atoms with Gasteiger partial charge in [0.25, 0.3) is 0 Å². The first-order valence-corrected chi connectivity index (χ1v) is 10.3. The number of anilines is 1. The first kappa shape index (κ1) is 24.3. The summed E-state index contributed by atoms with van der Waals surface area (Å²) < 4.78 is 34.7. The van der Waals surface area contributed by atoms with Crippen molar-refractivity contribution >= 4 is 34.8 Å². The van der Waals surface area contributed by atoms with Gasteiger partial charge in [0.1, 0.15) is 0 Å². The summed E-state index contributed by atoms with van der Waals surface area (Å²) >= 11 is 1.41. The first-order valence-electron chi connectivity index (χ1n) is 9.44. The lowest BCUT2D eigenvalue weighted by atomic mass is 10.0. The summed E-state index contributed by atoms with van der Waals surface area (Å²) in [4.78, 5) is 23.0. The van der Waals surface area contributed by atoms with Gasteiger partial charge in [0.15, 0.2) is 10.9 Å². The largest absolute Gasteiger partial charge is 0.378 e. The lowest BCUT2D eigenvalue weighted by Crippen LogP contribution is -2.36. The van der Waals surface area contributed by atoms with E-state index in [-0.39, 0.29) is 29.3 Å². The van der Waals surface area contributed by atoms with E-state index >= 15 is 0 Å². The summed E-state index contributed by atoms with van der Waals surface area (Å²) in [6, 6.07) is 1.53. The van der Waals surface area contributed by atoms with Gasteiger partial charge in [-0.25, -0.2) is 9.37 Å². The van der Waals surface area contributed by atoms with Gasteiger partial charge < -0.3 is 20.2 Å². The summed E-state index contributed by atoms with van der Waals surface area (Å²) in [7, 11) is 0. The van der Waals surface area contributed by atoms with Gasteiger partial charge in [0, 0.05) is 25.4 Å². The zero-order chi connectivity index (χ0) is 20.8. The molecule has 1 fully saturated rings. The topological polar surface area (TPSA) is 89.7 Å². The Labute approximate surface area is 183 Å². The van der Waals surface area contributed by atoms with Crippen LogP contribution in [0.15, 0.2) is 11.4 Å². The molecule has 30 heavy (non-hydrogen) atoms. The molecule has 1 aromatic heterocycles. The third kappa shape index (κ3) is 5.78. The molecule has 11 heteroatoms. The number of rotatable bonds is 8. The Kier molecular flexibility index (Phi) is 9.22. The minimum absolute atomic E-state index is 0. The van der Waals surface area contributed by atoms with Crippen LogP contribution in [0, 0.1) is 11.6 Å². The van der Waals surface area contributed by atoms with E-state index in [0.29, 0.717) is 57.8 Å². The zero-order valence-electron chi connectivity index (χ0n) is 16.6. The smallest absolute Gasteiger partial charge is 0.249 e. The maximum atomic E-state index is 14.8. The van der Waals surface area contributed by atoms with Crippen molar-refractivity contribution < 1.29 is 23.1 Å². The van der Waals surface area contributed by atoms with Crippen LogP contribution in [0.4, 0.5) is 13.9 Å². The number of aromatic nitrogens is 1. The highest BCUT2D eigenvalue weighted by Crippen LogP contribution is 2.38. The van der Waals surface area contributed by atoms with E-state index in [1.807, 2.05) is 0 Å². The number of carbonyl (C=O) groups excluding carboxylic acids is 1. The van der Waals surface area contributed by atoms with Gasteiger partial charge in [-0.15, -0.1) is 23.7 Å². The highest BCUT2D eigenvalue weighted by Gasteiger charge is 2.24. The molecule has 1 aliphatic rings. The lowest BCUT2D eigenvalue weighted by Gasteiger charge is -2.26. The van der Waals surface area contributed by atoms with Crippen molar-refractivity contribution in [3.63, 3.8) is 0 Å². The maximum Gasteiger partial charge on any atom is 0.249 e. The Morgan fingerprint density at radius 3 is 2.73 bits per heavy atom. The molecule has 0 unspecified atom stereocenters. The Hall–Kier alpha value is -2.01. The normalized spacial score (nSPS) is 13.7. The predicted molar refractivity (Wildman–Crippen MR) is 114 cm³/mol. The van der Waals surface area contributed by atoms with Crippen molar-refractivity contribution in [3.05, 3.63) is 28.6 Å². The van der Waals surface area contributed by atoms with Crippen molar-refractivity contribution in [1.82, 2.24) is 10.5 Å². The second-order valence-electron chi connectivity index (χ2n) is 6.66. The van der Waals surface area contributed by atoms with Crippen molar-refractivity contribution in [2.45, 2.75) is 26.2 Å². The van der Waals surface area contributed by atoms with Crippen LogP contribution < -0.4 is 21.0 Å². The van der Waals surface area contributed by atoms with Crippen LogP contribution in [-0.4, -0.2) is 43.7 Å². The van der Waals surface area contributed by atoms with E-state index in [1.165, 1.54) is 24.3 Å². The van der Waals surface area contributed by atoms with E-state index in [1.54, 1.807) is 5.38 Å². The lowest BCUT2D eigenvalue weighted by molar-refractivity contribution is -0.125. The Morgan fingerprint density at radius 2 is 2.07 bits per heavy atom. The monoisotopic (exact) mass is 462 g/mol. The molecule has 1 saturated heterocycles. The summed E-state index contributed by atoms with van der Waals surface area (Å²) in [5.41, 5.74) is 8.53. The van der Waals surface area contributed by atoms with E-state index in [2.05, 4.69) is 15.4 Å². The molecule has 1 aromatic carbocycles. The van der Waals surface area contributed by atoms with Gasteiger partial charge in [-0.1, -0.05) is 0 Å². The number of nitrogens with two attached hydrogens (primary N) is 1. The van der Waals surface area contributed by atoms with E-state index < -0.39 is 17.5 Å². The quantitative estimate of drug-likeness (QED) is 0.463. The average molecular weight is 463 g/mol. The Bertz CT molecular complexity index is 863. The average Bonchev–Trinajstić information content (AvgIpc) is 3.21. The molecule has 0 saturated carbocycles. The number of carbonyl (C=O) groups is 1. The number of unbranched alkanes of at least 4 members (excludes halogenated alkanes) is 1. The number of aryl methyl sites for hydroxylation is 1. The van der Waals surface area contributed by atoms with Crippen molar-refractivity contribution in [3.8, 4) is 17.0 Å². The first-order chi connectivity index (χ1) is 14.0. The third-order valence-corrected chi connectivity index (χ3v) is 5.39. The number of hydrogen-bond acceptors (Lipinski definition) is 7. The third-order valence-electron chi connectivity index (χ3n) is 4.48. The predicted octanol–water partition coefficient (Wildman–Crippen LogP) is 3.06. The summed E-state index contributed by atoms with van der Waals surface area (Å²) in [5, 5.41) is 2.53. The number of ether oxygens (including phenoxy) is 1. The molecule has 0 atom stereocenters. The molecule has 1 aliphatic heterocycles. The molecule has 0 radical (unpaired) electrons. The molecule has 2 aromatic rings. The molecule has 166 valence electrons.